The molecular weight excluding hydrogens is 350 g/mol. The number of carbonyl (C=O) groups is 2. The van der Waals surface area contributed by atoms with E-state index in [-0.39, 0.29) is 24.9 Å². The van der Waals surface area contributed by atoms with Gasteiger partial charge in [0.1, 0.15) is 6.61 Å². The van der Waals surface area contributed by atoms with Crippen LogP contribution in [-0.4, -0.2) is 52.7 Å². The number of halogens is 1. The third-order valence-electron chi connectivity index (χ3n) is 3.14. The Morgan fingerprint density at radius 1 is 1.36 bits per heavy atom. The average Bonchev–Trinajstić information content (AvgIpc) is 3.04. The summed E-state index contributed by atoms with van der Waals surface area (Å²) in [5.74, 6) is 0.249. The highest BCUT2D eigenvalue weighted by Crippen LogP contribution is 2.21. The minimum Gasteiger partial charge on any atom is -0.387 e. The molecule has 2 rings (SSSR count). The van der Waals surface area contributed by atoms with Gasteiger partial charge in [-0.2, -0.15) is 4.98 Å². The summed E-state index contributed by atoms with van der Waals surface area (Å²) in [4.78, 5) is 29.3. The van der Waals surface area contributed by atoms with Crippen molar-refractivity contribution in [3.8, 4) is 0 Å². The van der Waals surface area contributed by atoms with E-state index in [1.165, 1.54) is 11.0 Å². The van der Waals surface area contributed by atoms with Crippen LogP contribution in [0.1, 0.15) is 22.1 Å². The van der Waals surface area contributed by atoms with Crippen LogP contribution >= 0.6 is 11.6 Å². The van der Waals surface area contributed by atoms with Crippen LogP contribution in [-0.2, 0) is 13.0 Å². The number of urea groups is 1. The zero-order valence-corrected chi connectivity index (χ0v) is 14.5. The molecule has 0 atom stereocenters. The lowest BCUT2D eigenvalue weighted by Gasteiger charge is -2.13. The number of hydrogen-bond acceptors (Lipinski definition) is 6. The van der Waals surface area contributed by atoms with E-state index >= 15 is 0 Å². The molecule has 0 spiro atoms. The normalized spacial score (nSPS) is 10.4. The Kier molecular flexibility index (Phi) is 6.31. The number of rotatable bonds is 6. The van der Waals surface area contributed by atoms with Crippen molar-refractivity contribution in [2.75, 3.05) is 26.0 Å². The predicted molar refractivity (Wildman–Crippen MR) is 90.4 cm³/mol. The SMILES string of the molecule is CN(C)C(=O)c1cc(NC(=O)NCCc2noc(CO)n2)ccc1Cl. The highest BCUT2D eigenvalue weighted by molar-refractivity contribution is 6.34. The third kappa shape index (κ3) is 5.16. The Hall–Kier alpha value is -2.65. The molecule has 0 radical (unpaired) electrons. The van der Waals surface area contributed by atoms with Crippen LogP contribution in [0.25, 0.3) is 0 Å². The molecule has 0 unspecified atom stereocenters. The van der Waals surface area contributed by atoms with Gasteiger partial charge in [-0.1, -0.05) is 16.8 Å². The van der Waals surface area contributed by atoms with E-state index in [2.05, 4.69) is 20.8 Å². The maximum atomic E-state index is 12.0. The molecule has 0 aliphatic carbocycles. The summed E-state index contributed by atoms with van der Waals surface area (Å²) in [7, 11) is 3.23. The van der Waals surface area contributed by atoms with E-state index in [4.69, 9.17) is 21.2 Å². The number of nitrogens with one attached hydrogen (secondary N) is 2. The second-order valence-electron chi connectivity index (χ2n) is 5.29. The number of carbonyl (C=O) groups excluding carboxylic acids is 2. The smallest absolute Gasteiger partial charge is 0.319 e. The van der Waals surface area contributed by atoms with Crippen LogP contribution in [0.2, 0.25) is 5.02 Å². The minimum absolute atomic E-state index is 0.124. The summed E-state index contributed by atoms with van der Waals surface area (Å²) in [6, 6.07) is 4.21. The molecule has 0 bridgehead atoms. The van der Waals surface area contributed by atoms with E-state index in [0.29, 0.717) is 28.5 Å². The summed E-state index contributed by atoms with van der Waals surface area (Å²) in [5, 5.41) is 18.0. The highest BCUT2D eigenvalue weighted by Gasteiger charge is 2.14. The van der Waals surface area contributed by atoms with Crippen LogP contribution in [0.4, 0.5) is 10.5 Å². The topological polar surface area (TPSA) is 121 Å². The first-order chi connectivity index (χ1) is 11.9. The Balaban J connectivity index is 1.89. The van der Waals surface area contributed by atoms with Crippen LogP contribution in [0, 0.1) is 0 Å². The molecule has 25 heavy (non-hydrogen) atoms. The van der Waals surface area contributed by atoms with Gasteiger partial charge in [-0.3, -0.25) is 4.79 Å². The first-order valence-electron chi connectivity index (χ1n) is 7.39. The number of aliphatic hydroxyl groups is 1. The highest BCUT2D eigenvalue weighted by atomic mass is 35.5. The van der Waals surface area contributed by atoms with Crippen LogP contribution in [0.3, 0.4) is 0 Å². The van der Waals surface area contributed by atoms with Crippen molar-refractivity contribution in [2.45, 2.75) is 13.0 Å². The van der Waals surface area contributed by atoms with Gasteiger partial charge < -0.3 is 25.2 Å². The first-order valence-corrected chi connectivity index (χ1v) is 7.77. The van der Waals surface area contributed by atoms with Gasteiger partial charge in [0.15, 0.2) is 5.82 Å². The van der Waals surface area contributed by atoms with Gasteiger partial charge in [-0.15, -0.1) is 0 Å². The zero-order valence-electron chi connectivity index (χ0n) is 13.7. The van der Waals surface area contributed by atoms with E-state index in [0.717, 1.165) is 0 Å². The molecule has 0 fully saturated rings. The maximum absolute atomic E-state index is 12.0. The number of nitrogens with zero attached hydrogens (tertiary/aromatic N) is 3. The average molecular weight is 368 g/mol. The van der Waals surface area contributed by atoms with Gasteiger partial charge >= 0.3 is 6.03 Å². The molecule has 0 aliphatic rings. The Morgan fingerprint density at radius 2 is 2.12 bits per heavy atom. The van der Waals surface area contributed by atoms with Gasteiger partial charge in [-0.05, 0) is 18.2 Å². The molecule has 134 valence electrons. The maximum Gasteiger partial charge on any atom is 0.319 e. The van der Waals surface area contributed by atoms with Crippen LogP contribution in [0.15, 0.2) is 22.7 Å². The van der Waals surface area contributed by atoms with Gasteiger partial charge in [0, 0.05) is 32.7 Å². The van der Waals surface area contributed by atoms with E-state index < -0.39 is 6.03 Å². The fraction of sp³-hybridized carbons (Fsp3) is 0.333. The number of aliphatic hydroxyl groups excluding tert-OH is 1. The predicted octanol–water partition coefficient (Wildman–Crippen LogP) is 1.28. The van der Waals surface area contributed by atoms with Gasteiger partial charge in [-0.25, -0.2) is 4.79 Å². The number of hydrogen-bond donors (Lipinski definition) is 3. The Labute approximate surface area is 149 Å². The fourth-order valence-electron chi connectivity index (χ4n) is 1.93. The second-order valence-corrected chi connectivity index (χ2v) is 5.69. The molecular formula is C15H18ClN5O4. The molecule has 3 amide bonds. The molecule has 3 N–H and O–H groups in total. The molecule has 9 nitrogen and oxygen atoms in total. The fourth-order valence-corrected chi connectivity index (χ4v) is 2.13. The largest absolute Gasteiger partial charge is 0.387 e. The lowest BCUT2D eigenvalue weighted by atomic mass is 10.2. The van der Waals surface area contributed by atoms with Gasteiger partial charge in [0.25, 0.3) is 11.8 Å². The van der Waals surface area contributed by atoms with Crippen molar-refractivity contribution >= 4 is 29.2 Å². The standard InChI is InChI=1S/C15H18ClN5O4/c1-21(2)14(23)10-7-9(3-4-11(10)16)18-15(24)17-6-5-12-19-13(8-22)25-20-12/h3-4,7,22H,5-6,8H2,1-2H3,(H2,17,18,24). The number of anilines is 1. The Bertz CT molecular complexity index is 762. The molecule has 10 heteroatoms. The molecule has 0 aliphatic heterocycles. The van der Waals surface area contributed by atoms with Crippen LogP contribution in [0.5, 0.6) is 0 Å². The van der Waals surface area contributed by atoms with Crippen molar-refractivity contribution in [1.29, 1.82) is 0 Å². The van der Waals surface area contributed by atoms with E-state index in [1.807, 2.05) is 0 Å². The quantitative estimate of drug-likeness (QED) is 0.707. The first kappa shape index (κ1) is 18.7. The van der Waals surface area contributed by atoms with Crippen molar-refractivity contribution in [3.05, 3.63) is 40.5 Å². The summed E-state index contributed by atoms with van der Waals surface area (Å²) in [5.41, 5.74) is 0.738. The number of amides is 3. The van der Waals surface area contributed by atoms with Crippen molar-refractivity contribution in [3.63, 3.8) is 0 Å². The summed E-state index contributed by atoms with van der Waals surface area (Å²) in [6.07, 6.45) is 0.349. The third-order valence-corrected chi connectivity index (χ3v) is 3.47. The molecule has 0 saturated carbocycles. The molecule has 1 heterocycles. The van der Waals surface area contributed by atoms with Gasteiger partial charge in [0.05, 0.1) is 10.6 Å². The van der Waals surface area contributed by atoms with Crippen molar-refractivity contribution in [2.24, 2.45) is 0 Å². The van der Waals surface area contributed by atoms with Crippen molar-refractivity contribution < 1.29 is 19.2 Å². The Morgan fingerprint density at radius 3 is 2.76 bits per heavy atom. The number of aromatic nitrogens is 2. The van der Waals surface area contributed by atoms with E-state index in [1.54, 1.807) is 26.2 Å². The second kappa shape index (κ2) is 8.45. The summed E-state index contributed by atoms with van der Waals surface area (Å²) in [6.45, 7) is -0.0568. The summed E-state index contributed by atoms with van der Waals surface area (Å²) >= 11 is 6.02. The molecule has 2 aromatic rings. The zero-order chi connectivity index (χ0) is 18.4. The van der Waals surface area contributed by atoms with Crippen molar-refractivity contribution in [1.82, 2.24) is 20.4 Å². The monoisotopic (exact) mass is 367 g/mol. The lowest BCUT2D eigenvalue weighted by Crippen LogP contribution is -2.30. The molecule has 1 aromatic heterocycles. The number of benzene rings is 1. The minimum atomic E-state index is -0.448. The lowest BCUT2D eigenvalue weighted by molar-refractivity contribution is 0.0828. The van der Waals surface area contributed by atoms with Crippen LogP contribution < -0.4 is 10.6 Å². The van der Waals surface area contributed by atoms with Gasteiger partial charge in [0.2, 0.25) is 0 Å². The van der Waals surface area contributed by atoms with E-state index in [9.17, 15) is 9.59 Å². The summed E-state index contributed by atoms with van der Waals surface area (Å²) < 4.78 is 4.75. The molecule has 1 aromatic carbocycles. The molecule has 0 saturated heterocycles.